The summed E-state index contributed by atoms with van der Waals surface area (Å²) in [5.41, 5.74) is 2.12. The largest absolute Gasteiger partial charge is 0.452 e. The summed E-state index contributed by atoms with van der Waals surface area (Å²) in [4.78, 5) is 30.2. The van der Waals surface area contributed by atoms with E-state index in [1.54, 1.807) is 24.3 Å². The van der Waals surface area contributed by atoms with Crippen LogP contribution in [-0.2, 0) is 20.9 Å². The minimum absolute atomic E-state index is 0.251. The Balaban J connectivity index is 1.54. The maximum absolute atomic E-state index is 13.3. The van der Waals surface area contributed by atoms with Crippen molar-refractivity contribution in [2.24, 2.45) is 0 Å². The van der Waals surface area contributed by atoms with Crippen molar-refractivity contribution in [3.63, 3.8) is 0 Å². The van der Waals surface area contributed by atoms with E-state index in [9.17, 15) is 14.0 Å². The monoisotopic (exact) mass is 392 g/mol. The van der Waals surface area contributed by atoms with Crippen LogP contribution in [0.2, 0.25) is 0 Å². The Kier molecular flexibility index (Phi) is 6.68. The van der Waals surface area contributed by atoms with E-state index in [2.05, 4.69) is 4.98 Å². The topological polar surface area (TPSA) is 59.5 Å². The third kappa shape index (κ3) is 5.72. The lowest BCUT2D eigenvalue weighted by molar-refractivity contribution is -0.148. The number of fused-ring (bicyclic) bond motifs is 1. The fourth-order valence-corrected chi connectivity index (χ4v) is 2.83. The van der Waals surface area contributed by atoms with Crippen LogP contribution in [0.4, 0.5) is 4.39 Å². The fourth-order valence-electron chi connectivity index (χ4n) is 2.83. The molecule has 29 heavy (non-hydrogen) atoms. The van der Waals surface area contributed by atoms with Gasteiger partial charge in [0.1, 0.15) is 5.82 Å². The fraction of sp³-hybridized carbons (Fsp3) is 0.174. The molecule has 0 radical (unpaired) electrons. The summed E-state index contributed by atoms with van der Waals surface area (Å²) in [6, 6.07) is 17.5. The summed E-state index contributed by atoms with van der Waals surface area (Å²) >= 11 is 0. The van der Waals surface area contributed by atoms with Gasteiger partial charge in [0, 0.05) is 24.6 Å². The molecule has 148 valence electrons. The molecule has 0 fully saturated rings. The third-order valence-electron chi connectivity index (χ3n) is 4.34. The standard InChI is InChI=1S/C23H21FN2O3/c1-2-26(15-17-6-5-8-19(24)14-17)22(27)16-29-23(28)13-12-20-11-10-18-7-3-4-9-21(18)25-20/h3-14H,2,15-16H2,1H3/b13-12+. The zero-order valence-corrected chi connectivity index (χ0v) is 16.0. The van der Waals surface area contributed by atoms with Crippen LogP contribution < -0.4 is 0 Å². The van der Waals surface area contributed by atoms with E-state index in [1.807, 2.05) is 37.3 Å². The number of carbonyl (C=O) groups is 2. The number of ether oxygens (including phenoxy) is 1. The van der Waals surface area contributed by atoms with Gasteiger partial charge in [-0.1, -0.05) is 36.4 Å². The Morgan fingerprint density at radius 3 is 2.72 bits per heavy atom. The number of rotatable bonds is 7. The van der Waals surface area contributed by atoms with Gasteiger partial charge < -0.3 is 9.64 Å². The van der Waals surface area contributed by atoms with Crippen LogP contribution in [0.25, 0.3) is 17.0 Å². The van der Waals surface area contributed by atoms with Crippen molar-refractivity contribution in [3.05, 3.63) is 83.8 Å². The lowest BCUT2D eigenvalue weighted by Gasteiger charge is -2.20. The average molecular weight is 392 g/mol. The van der Waals surface area contributed by atoms with Gasteiger partial charge >= 0.3 is 5.97 Å². The number of amides is 1. The number of benzene rings is 2. The number of hydrogen-bond acceptors (Lipinski definition) is 4. The van der Waals surface area contributed by atoms with Gasteiger partial charge in [-0.25, -0.2) is 14.2 Å². The smallest absolute Gasteiger partial charge is 0.331 e. The molecule has 3 aromatic rings. The van der Waals surface area contributed by atoms with Crippen molar-refractivity contribution in [2.75, 3.05) is 13.2 Å². The average Bonchev–Trinajstić information content (AvgIpc) is 2.74. The van der Waals surface area contributed by atoms with E-state index < -0.39 is 5.97 Å². The van der Waals surface area contributed by atoms with Crippen LogP contribution in [0.15, 0.2) is 66.7 Å². The summed E-state index contributed by atoms with van der Waals surface area (Å²) < 4.78 is 18.3. The molecule has 0 N–H and O–H groups in total. The first-order valence-electron chi connectivity index (χ1n) is 9.28. The number of esters is 1. The van der Waals surface area contributed by atoms with Crippen LogP contribution in [-0.4, -0.2) is 34.9 Å². The van der Waals surface area contributed by atoms with Gasteiger partial charge in [0.25, 0.3) is 5.91 Å². The summed E-state index contributed by atoms with van der Waals surface area (Å²) in [6.45, 7) is 2.10. The van der Waals surface area contributed by atoms with E-state index >= 15 is 0 Å². The summed E-state index contributed by atoms with van der Waals surface area (Å²) in [5, 5.41) is 1.01. The molecule has 1 heterocycles. The summed E-state index contributed by atoms with van der Waals surface area (Å²) in [7, 11) is 0. The van der Waals surface area contributed by atoms with Gasteiger partial charge in [-0.15, -0.1) is 0 Å². The Labute approximate surface area is 168 Å². The van der Waals surface area contributed by atoms with Gasteiger partial charge in [-0.2, -0.15) is 0 Å². The maximum atomic E-state index is 13.3. The maximum Gasteiger partial charge on any atom is 0.331 e. The molecule has 0 bridgehead atoms. The molecular weight excluding hydrogens is 371 g/mol. The molecule has 6 heteroatoms. The van der Waals surface area contributed by atoms with Crippen LogP contribution >= 0.6 is 0 Å². The highest BCUT2D eigenvalue weighted by molar-refractivity contribution is 5.89. The number of para-hydroxylation sites is 1. The lowest BCUT2D eigenvalue weighted by Crippen LogP contribution is -2.34. The first kappa shape index (κ1) is 20.2. The van der Waals surface area contributed by atoms with Crippen molar-refractivity contribution < 1.29 is 18.7 Å². The highest BCUT2D eigenvalue weighted by atomic mass is 19.1. The molecule has 1 amide bonds. The Morgan fingerprint density at radius 2 is 1.93 bits per heavy atom. The minimum atomic E-state index is -0.630. The molecule has 0 atom stereocenters. The van der Waals surface area contributed by atoms with Gasteiger partial charge in [-0.05, 0) is 42.8 Å². The summed E-state index contributed by atoms with van der Waals surface area (Å²) in [5.74, 6) is -1.33. The van der Waals surface area contributed by atoms with E-state index in [-0.39, 0.29) is 24.9 Å². The Hall–Kier alpha value is -3.54. The van der Waals surface area contributed by atoms with Crippen LogP contribution in [0.5, 0.6) is 0 Å². The number of carbonyl (C=O) groups excluding carboxylic acids is 2. The number of hydrogen-bond donors (Lipinski definition) is 0. The third-order valence-corrected chi connectivity index (χ3v) is 4.34. The molecule has 2 aromatic carbocycles. The predicted octanol–water partition coefficient (Wildman–Crippen LogP) is 3.98. The molecule has 0 saturated heterocycles. The van der Waals surface area contributed by atoms with Crippen molar-refractivity contribution >= 4 is 28.9 Å². The quantitative estimate of drug-likeness (QED) is 0.451. The van der Waals surface area contributed by atoms with Crippen molar-refractivity contribution in [1.29, 1.82) is 0 Å². The molecular formula is C23H21FN2O3. The SMILES string of the molecule is CCN(Cc1cccc(F)c1)C(=O)COC(=O)/C=C/c1ccc2ccccc2n1. The first-order chi connectivity index (χ1) is 14.0. The number of nitrogens with zero attached hydrogens (tertiary/aromatic N) is 2. The summed E-state index contributed by atoms with van der Waals surface area (Å²) in [6.07, 6.45) is 2.79. The molecule has 0 unspecified atom stereocenters. The predicted molar refractivity (Wildman–Crippen MR) is 109 cm³/mol. The van der Waals surface area contributed by atoms with E-state index in [0.717, 1.165) is 10.9 Å². The minimum Gasteiger partial charge on any atom is -0.452 e. The second-order valence-corrected chi connectivity index (χ2v) is 6.41. The second-order valence-electron chi connectivity index (χ2n) is 6.41. The van der Waals surface area contributed by atoms with Crippen molar-refractivity contribution in [2.45, 2.75) is 13.5 Å². The van der Waals surface area contributed by atoms with E-state index in [1.165, 1.54) is 23.1 Å². The number of pyridine rings is 1. The number of likely N-dealkylation sites (N-methyl/N-ethyl adjacent to an activating group) is 1. The van der Waals surface area contributed by atoms with Crippen LogP contribution in [0, 0.1) is 5.82 Å². The molecule has 0 saturated carbocycles. The van der Waals surface area contributed by atoms with Gasteiger partial charge in [0.05, 0.1) is 11.2 Å². The number of aromatic nitrogens is 1. The Morgan fingerprint density at radius 1 is 1.10 bits per heavy atom. The van der Waals surface area contributed by atoms with Crippen LogP contribution in [0.3, 0.4) is 0 Å². The van der Waals surface area contributed by atoms with Gasteiger partial charge in [0.2, 0.25) is 0 Å². The lowest BCUT2D eigenvalue weighted by atomic mass is 10.2. The molecule has 0 aliphatic rings. The molecule has 0 aliphatic heterocycles. The molecule has 0 aliphatic carbocycles. The molecule has 5 nitrogen and oxygen atoms in total. The number of halogens is 1. The van der Waals surface area contributed by atoms with Gasteiger partial charge in [0.15, 0.2) is 6.61 Å². The van der Waals surface area contributed by atoms with E-state index in [0.29, 0.717) is 17.8 Å². The zero-order valence-electron chi connectivity index (χ0n) is 16.0. The van der Waals surface area contributed by atoms with E-state index in [4.69, 9.17) is 4.74 Å². The zero-order chi connectivity index (χ0) is 20.6. The molecule has 3 rings (SSSR count). The molecule has 0 spiro atoms. The Bertz CT molecular complexity index is 1050. The highest BCUT2D eigenvalue weighted by Crippen LogP contribution is 2.12. The van der Waals surface area contributed by atoms with Gasteiger partial charge in [-0.3, -0.25) is 4.79 Å². The van der Waals surface area contributed by atoms with Crippen molar-refractivity contribution in [3.8, 4) is 0 Å². The van der Waals surface area contributed by atoms with Crippen LogP contribution in [0.1, 0.15) is 18.2 Å². The normalized spacial score (nSPS) is 11.0. The first-order valence-corrected chi connectivity index (χ1v) is 9.28. The second kappa shape index (κ2) is 9.59. The highest BCUT2D eigenvalue weighted by Gasteiger charge is 2.14. The molecule has 1 aromatic heterocycles. The van der Waals surface area contributed by atoms with Crippen molar-refractivity contribution in [1.82, 2.24) is 9.88 Å².